The molecule has 0 radical (unpaired) electrons. The molecule has 1 aliphatic carbocycles. The molecule has 0 aliphatic heterocycles. The van der Waals surface area contributed by atoms with Crippen LogP contribution < -0.4 is 5.73 Å². The van der Waals surface area contributed by atoms with Gasteiger partial charge in [-0.25, -0.2) is 0 Å². The third-order valence-electron chi connectivity index (χ3n) is 1.67. The Morgan fingerprint density at radius 2 is 2.20 bits per heavy atom. The van der Waals surface area contributed by atoms with Gasteiger partial charge in [-0.05, 0) is 19.8 Å². The number of carbonyl (C=O) groups is 1. The molecule has 2 heteroatoms. The van der Waals surface area contributed by atoms with Crippen LogP contribution in [-0.2, 0) is 4.79 Å². The molecule has 2 N–H and O–H groups in total. The molecular formula is C8H11NO. The smallest absolute Gasteiger partial charge is 0.244 e. The Hall–Kier alpha value is -1.05. The number of hydrogen-bond donors (Lipinski definition) is 1. The van der Waals surface area contributed by atoms with Gasteiger partial charge in [0, 0.05) is 5.57 Å². The minimum Gasteiger partial charge on any atom is -0.366 e. The maximum absolute atomic E-state index is 10.6. The van der Waals surface area contributed by atoms with E-state index in [1.807, 2.05) is 13.0 Å². The van der Waals surface area contributed by atoms with Crippen molar-refractivity contribution in [2.24, 2.45) is 5.73 Å². The van der Waals surface area contributed by atoms with Crippen LogP contribution in [0.25, 0.3) is 0 Å². The molecule has 1 aliphatic rings. The van der Waals surface area contributed by atoms with Crippen molar-refractivity contribution in [1.29, 1.82) is 0 Å². The summed E-state index contributed by atoms with van der Waals surface area (Å²) in [5, 5.41) is 0. The summed E-state index contributed by atoms with van der Waals surface area (Å²) in [7, 11) is 0. The van der Waals surface area contributed by atoms with Gasteiger partial charge in [-0.1, -0.05) is 17.7 Å². The molecular weight excluding hydrogens is 126 g/mol. The normalized spacial score (nSPS) is 17.7. The Balaban J connectivity index is 2.74. The van der Waals surface area contributed by atoms with E-state index in [0.717, 1.165) is 18.4 Å². The second-order valence-electron chi connectivity index (χ2n) is 2.57. The van der Waals surface area contributed by atoms with Crippen LogP contribution in [-0.4, -0.2) is 5.91 Å². The van der Waals surface area contributed by atoms with Crippen LogP contribution in [0.1, 0.15) is 19.8 Å². The quantitative estimate of drug-likeness (QED) is 0.578. The number of amides is 1. The summed E-state index contributed by atoms with van der Waals surface area (Å²) in [5.41, 5.74) is 7.13. The third kappa shape index (κ3) is 1.47. The fourth-order valence-electron chi connectivity index (χ4n) is 0.947. The molecule has 0 spiro atoms. The lowest BCUT2D eigenvalue weighted by molar-refractivity contribution is -0.114. The van der Waals surface area contributed by atoms with Crippen molar-refractivity contribution in [2.45, 2.75) is 19.8 Å². The van der Waals surface area contributed by atoms with E-state index in [2.05, 4.69) is 0 Å². The van der Waals surface area contributed by atoms with Gasteiger partial charge in [0.25, 0.3) is 0 Å². The van der Waals surface area contributed by atoms with Crippen molar-refractivity contribution >= 4 is 5.91 Å². The summed E-state index contributed by atoms with van der Waals surface area (Å²) in [6, 6.07) is 0. The minimum absolute atomic E-state index is 0.288. The van der Waals surface area contributed by atoms with Gasteiger partial charge in [0.2, 0.25) is 5.91 Å². The molecule has 0 saturated carbocycles. The second kappa shape index (κ2) is 2.69. The van der Waals surface area contributed by atoms with E-state index < -0.39 is 0 Å². The molecule has 0 aromatic heterocycles. The molecule has 10 heavy (non-hydrogen) atoms. The highest BCUT2D eigenvalue weighted by Gasteiger charge is 2.06. The van der Waals surface area contributed by atoms with Crippen LogP contribution in [0.3, 0.4) is 0 Å². The predicted octanol–water partition coefficient (Wildman–Crippen LogP) is 1.14. The Kier molecular flexibility index (Phi) is 1.90. The number of allylic oxidation sites excluding steroid dienone is 3. The van der Waals surface area contributed by atoms with Gasteiger partial charge in [0.05, 0.1) is 0 Å². The van der Waals surface area contributed by atoms with Crippen molar-refractivity contribution < 1.29 is 4.79 Å². The predicted molar refractivity (Wildman–Crippen MR) is 40.3 cm³/mol. The molecule has 0 aromatic rings. The molecule has 0 atom stereocenters. The number of primary amides is 1. The zero-order valence-electron chi connectivity index (χ0n) is 6.05. The molecule has 0 unspecified atom stereocenters. The van der Waals surface area contributed by atoms with Crippen LogP contribution in [0, 0.1) is 0 Å². The summed E-state index contributed by atoms with van der Waals surface area (Å²) in [6.07, 6.45) is 5.52. The number of hydrogen-bond acceptors (Lipinski definition) is 1. The fourth-order valence-corrected chi connectivity index (χ4v) is 0.947. The molecule has 54 valence electrons. The molecule has 0 aromatic carbocycles. The van der Waals surface area contributed by atoms with E-state index in [1.165, 1.54) is 5.57 Å². The minimum atomic E-state index is -0.288. The van der Waals surface area contributed by atoms with Gasteiger partial charge in [0.1, 0.15) is 0 Å². The average Bonchev–Trinajstić information content (AvgIpc) is 1.88. The highest BCUT2D eigenvalue weighted by Crippen LogP contribution is 2.16. The first-order valence-corrected chi connectivity index (χ1v) is 3.36. The highest BCUT2D eigenvalue weighted by atomic mass is 16.1. The summed E-state index contributed by atoms with van der Waals surface area (Å²) in [6.45, 7) is 2.05. The summed E-state index contributed by atoms with van der Waals surface area (Å²) >= 11 is 0. The van der Waals surface area contributed by atoms with Crippen LogP contribution in [0.5, 0.6) is 0 Å². The van der Waals surface area contributed by atoms with Crippen molar-refractivity contribution in [3.8, 4) is 0 Å². The molecule has 0 saturated heterocycles. The van der Waals surface area contributed by atoms with Crippen LogP contribution in [0.4, 0.5) is 0 Å². The maximum atomic E-state index is 10.6. The Bertz CT molecular complexity index is 213. The zero-order valence-corrected chi connectivity index (χ0v) is 6.05. The first-order chi connectivity index (χ1) is 4.70. The van der Waals surface area contributed by atoms with Crippen LogP contribution >= 0.6 is 0 Å². The summed E-state index contributed by atoms with van der Waals surface area (Å²) in [5.74, 6) is -0.288. The van der Waals surface area contributed by atoms with Gasteiger partial charge in [-0.2, -0.15) is 0 Å². The first-order valence-electron chi connectivity index (χ1n) is 3.36. The van der Waals surface area contributed by atoms with E-state index in [0.29, 0.717) is 0 Å². The van der Waals surface area contributed by atoms with Gasteiger partial charge in [0.15, 0.2) is 0 Å². The maximum Gasteiger partial charge on any atom is 0.244 e. The third-order valence-corrected chi connectivity index (χ3v) is 1.67. The van der Waals surface area contributed by atoms with Crippen molar-refractivity contribution in [3.05, 3.63) is 23.3 Å². The van der Waals surface area contributed by atoms with Gasteiger partial charge in [-0.3, -0.25) is 4.79 Å². The molecule has 0 heterocycles. The lowest BCUT2D eigenvalue weighted by Crippen LogP contribution is -2.14. The van der Waals surface area contributed by atoms with Gasteiger partial charge < -0.3 is 5.73 Å². The van der Waals surface area contributed by atoms with Crippen molar-refractivity contribution in [3.63, 3.8) is 0 Å². The molecule has 0 fully saturated rings. The van der Waals surface area contributed by atoms with E-state index in [9.17, 15) is 4.79 Å². The first kappa shape index (κ1) is 7.06. The van der Waals surface area contributed by atoms with Gasteiger partial charge in [-0.15, -0.1) is 0 Å². The topological polar surface area (TPSA) is 43.1 Å². The summed E-state index contributed by atoms with van der Waals surface area (Å²) in [4.78, 5) is 10.6. The van der Waals surface area contributed by atoms with Crippen LogP contribution in [0.2, 0.25) is 0 Å². The monoisotopic (exact) mass is 137 g/mol. The van der Waals surface area contributed by atoms with Crippen molar-refractivity contribution in [1.82, 2.24) is 0 Å². The highest BCUT2D eigenvalue weighted by molar-refractivity contribution is 5.92. The number of nitrogens with two attached hydrogens (primary N) is 1. The van der Waals surface area contributed by atoms with E-state index in [4.69, 9.17) is 5.73 Å². The second-order valence-corrected chi connectivity index (χ2v) is 2.57. The number of carbonyl (C=O) groups excluding carboxylic acids is 1. The lowest BCUT2D eigenvalue weighted by Gasteiger charge is -2.07. The van der Waals surface area contributed by atoms with Crippen molar-refractivity contribution in [2.75, 3.05) is 0 Å². The average molecular weight is 137 g/mol. The van der Waals surface area contributed by atoms with Gasteiger partial charge >= 0.3 is 0 Å². The van der Waals surface area contributed by atoms with Crippen LogP contribution in [0.15, 0.2) is 23.3 Å². The lowest BCUT2D eigenvalue weighted by atomic mass is 9.99. The zero-order chi connectivity index (χ0) is 7.56. The number of rotatable bonds is 1. The Morgan fingerprint density at radius 3 is 2.60 bits per heavy atom. The fraction of sp³-hybridized carbons (Fsp3) is 0.375. The molecule has 0 bridgehead atoms. The SMILES string of the molecule is CC1=CC=C(C(N)=O)CC1. The Morgan fingerprint density at radius 1 is 1.50 bits per heavy atom. The molecule has 1 rings (SSSR count). The molecule has 1 amide bonds. The largest absolute Gasteiger partial charge is 0.366 e. The standard InChI is InChI=1S/C8H11NO/c1-6-2-4-7(5-3-6)8(9)10/h2,4H,3,5H2,1H3,(H2,9,10). The van der Waals surface area contributed by atoms with E-state index >= 15 is 0 Å². The molecule has 2 nitrogen and oxygen atoms in total. The summed E-state index contributed by atoms with van der Waals surface area (Å²) < 4.78 is 0. The Labute approximate surface area is 60.4 Å². The van der Waals surface area contributed by atoms with E-state index in [1.54, 1.807) is 6.08 Å². The van der Waals surface area contributed by atoms with E-state index in [-0.39, 0.29) is 5.91 Å².